The monoisotopic (exact) mass is 340 g/mol. The van der Waals surface area contributed by atoms with Crippen LogP contribution in [0.2, 0.25) is 0 Å². The predicted octanol–water partition coefficient (Wildman–Crippen LogP) is 2.70. The van der Waals surface area contributed by atoms with E-state index in [1.807, 2.05) is 0 Å². The lowest BCUT2D eigenvalue weighted by Gasteiger charge is -2.45. The molecule has 0 radical (unpaired) electrons. The van der Waals surface area contributed by atoms with Crippen LogP contribution in [0.3, 0.4) is 0 Å². The standard InChI is InChI=1S/C21H28N2O2/c24-20(19-6-3-12-23(19)17-7-8-17)22-13-10-21(11-14-22)18-5-2-1-4-16(18)9-15-25-21/h1-2,4-5,17,19H,3,6-15H2/t19-/m0/s1. The summed E-state index contributed by atoms with van der Waals surface area (Å²) in [4.78, 5) is 17.7. The molecular weight excluding hydrogens is 312 g/mol. The molecular formula is C21H28N2O2. The molecule has 1 amide bonds. The number of fused-ring (bicyclic) bond motifs is 2. The van der Waals surface area contributed by atoms with E-state index in [0.717, 1.165) is 51.9 Å². The van der Waals surface area contributed by atoms with Crippen molar-refractivity contribution >= 4 is 5.91 Å². The van der Waals surface area contributed by atoms with Crippen LogP contribution < -0.4 is 0 Å². The van der Waals surface area contributed by atoms with Crippen LogP contribution in [0.1, 0.15) is 49.7 Å². The van der Waals surface area contributed by atoms with E-state index < -0.39 is 0 Å². The quantitative estimate of drug-likeness (QED) is 0.830. The number of hydrogen-bond acceptors (Lipinski definition) is 3. The average Bonchev–Trinajstić information content (AvgIpc) is 3.39. The number of ether oxygens (including phenoxy) is 1. The molecule has 1 aromatic carbocycles. The van der Waals surface area contributed by atoms with Crippen LogP contribution in [0.5, 0.6) is 0 Å². The van der Waals surface area contributed by atoms with E-state index in [1.165, 1.54) is 30.4 Å². The summed E-state index contributed by atoms with van der Waals surface area (Å²) in [5.74, 6) is 0.378. The molecule has 5 rings (SSSR count). The minimum atomic E-state index is -0.155. The first kappa shape index (κ1) is 15.8. The molecule has 134 valence electrons. The Hall–Kier alpha value is -1.39. The first-order chi connectivity index (χ1) is 12.3. The molecule has 4 nitrogen and oxygen atoms in total. The van der Waals surface area contributed by atoms with Crippen molar-refractivity contribution in [2.24, 2.45) is 0 Å². The zero-order valence-corrected chi connectivity index (χ0v) is 15.0. The molecule has 3 aliphatic heterocycles. The fourth-order valence-electron chi connectivity index (χ4n) is 5.23. The van der Waals surface area contributed by atoms with E-state index in [9.17, 15) is 4.79 Å². The van der Waals surface area contributed by atoms with Gasteiger partial charge < -0.3 is 9.64 Å². The second-order valence-corrected chi connectivity index (χ2v) is 8.20. The van der Waals surface area contributed by atoms with Crippen LogP contribution in [0.25, 0.3) is 0 Å². The molecule has 0 aromatic heterocycles. The van der Waals surface area contributed by atoms with E-state index in [4.69, 9.17) is 4.74 Å². The van der Waals surface area contributed by atoms with Crippen molar-refractivity contribution in [1.82, 2.24) is 9.80 Å². The molecule has 1 saturated carbocycles. The molecule has 3 fully saturated rings. The van der Waals surface area contributed by atoms with Crippen LogP contribution in [0.4, 0.5) is 0 Å². The second kappa shape index (κ2) is 6.10. The van der Waals surface area contributed by atoms with Crippen molar-refractivity contribution in [3.63, 3.8) is 0 Å². The highest BCUT2D eigenvalue weighted by Gasteiger charge is 2.45. The van der Waals surface area contributed by atoms with Crippen molar-refractivity contribution < 1.29 is 9.53 Å². The summed E-state index contributed by atoms with van der Waals surface area (Å²) < 4.78 is 6.31. The van der Waals surface area contributed by atoms with Gasteiger partial charge in [0.2, 0.25) is 5.91 Å². The maximum absolute atomic E-state index is 13.1. The maximum Gasteiger partial charge on any atom is 0.239 e. The highest BCUT2D eigenvalue weighted by molar-refractivity contribution is 5.82. The molecule has 0 bridgehead atoms. The highest BCUT2D eigenvalue weighted by Crippen LogP contribution is 2.42. The van der Waals surface area contributed by atoms with Crippen LogP contribution in [-0.4, -0.2) is 54.0 Å². The number of hydrogen-bond donors (Lipinski definition) is 0. The van der Waals surface area contributed by atoms with E-state index in [2.05, 4.69) is 34.1 Å². The maximum atomic E-state index is 13.1. The van der Waals surface area contributed by atoms with Crippen molar-refractivity contribution in [3.05, 3.63) is 35.4 Å². The van der Waals surface area contributed by atoms with Crippen LogP contribution >= 0.6 is 0 Å². The Bertz CT molecular complexity index is 662. The Kier molecular flexibility index (Phi) is 3.86. The number of benzene rings is 1. The molecule has 0 N–H and O–H groups in total. The number of amides is 1. The van der Waals surface area contributed by atoms with Gasteiger partial charge in [0.05, 0.1) is 18.2 Å². The number of piperidine rings is 1. The number of likely N-dealkylation sites (tertiary alicyclic amines) is 2. The third-order valence-corrected chi connectivity index (χ3v) is 6.74. The summed E-state index contributed by atoms with van der Waals surface area (Å²) in [6.45, 7) is 3.60. The van der Waals surface area contributed by atoms with Crippen molar-refractivity contribution in [2.75, 3.05) is 26.2 Å². The van der Waals surface area contributed by atoms with Gasteiger partial charge in [-0.3, -0.25) is 9.69 Å². The number of rotatable bonds is 2. The van der Waals surface area contributed by atoms with Crippen LogP contribution in [0, 0.1) is 0 Å². The van der Waals surface area contributed by atoms with E-state index in [1.54, 1.807) is 0 Å². The van der Waals surface area contributed by atoms with E-state index in [-0.39, 0.29) is 11.6 Å². The summed E-state index contributed by atoms with van der Waals surface area (Å²) in [7, 11) is 0. The van der Waals surface area contributed by atoms with Crippen molar-refractivity contribution in [2.45, 2.75) is 62.6 Å². The van der Waals surface area contributed by atoms with Gasteiger partial charge in [0.15, 0.2) is 0 Å². The Morgan fingerprint density at radius 3 is 2.68 bits per heavy atom. The lowest BCUT2D eigenvalue weighted by Crippen LogP contribution is -2.53. The lowest BCUT2D eigenvalue weighted by atomic mass is 9.79. The zero-order valence-electron chi connectivity index (χ0n) is 15.0. The van der Waals surface area contributed by atoms with Gasteiger partial charge in [0, 0.05) is 19.1 Å². The SMILES string of the molecule is O=C([C@@H]1CCCN1C1CC1)N1CCC2(CC1)OCCc1ccccc12. The summed E-state index contributed by atoms with van der Waals surface area (Å²) in [6, 6.07) is 9.57. The summed E-state index contributed by atoms with van der Waals surface area (Å²) in [5.41, 5.74) is 2.65. The summed E-state index contributed by atoms with van der Waals surface area (Å²) in [5, 5.41) is 0. The van der Waals surface area contributed by atoms with E-state index in [0.29, 0.717) is 11.9 Å². The Labute approximate surface area is 150 Å². The van der Waals surface area contributed by atoms with Gasteiger partial charge >= 0.3 is 0 Å². The van der Waals surface area contributed by atoms with Crippen molar-refractivity contribution in [3.8, 4) is 0 Å². The summed E-state index contributed by atoms with van der Waals surface area (Å²) >= 11 is 0. The topological polar surface area (TPSA) is 32.8 Å². The molecule has 3 heterocycles. The molecule has 0 unspecified atom stereocenters. The molecule has 1 atom stereocenters. The van der Waals surface area contributed by atoms with Gasteiger partial charge in [0.25, 0.3) is 0 Å². The molecule has 4 heteroatoms. The van der Waals surface area contributed by atoms with Crippen molar-refractivity contribution in [1.29, 1.82) is 0 Å². The largest absolute Gasteiger partial charge is 0.370 e. The molecule has 1 aromatic rings. The minimum absolute atomic E-state index is 0.154. The predicted molar refractivity (Wildman–Crippen MR) is 96.3 cm³/mol. The molecule has 25 heavy (non-hydrogen) atoms. The highest BCUT2D eigenvalue weighted by atomic mass is 16.5. The van der Waals surface area contributed by atoms with Gasteiger partial charge in [0.1, 0.15) is 0 Å². The van der Waals surface area contributed by atoms with Gasteiger partial charge in [-0.05, 0) is 62.6 Å². The van der Waals surface area contributed by atoms with Gasteiger partial charge in [-0.25, -0.2) is 0 Å². The van der Waals surface area contributed by atoms with Crippen LogP contribution in [-0.2, 0) is 21.6 Å². The second-order valence-electron chi connectivity index (χ2n) is 8.20. The minimum Gasteiger partial charge on any atom is -0.370 e. The van der Waals surface area contributed by atoms with Crippen LogP contribution in [0.15, 0.2) is 24.3 Å². The molecule has 2 saturated heterocycles. The van der Waals surface area contributed by atoms with Gasteiger partial charge in [-0.1, -0.05) is 24.3 Å². The molecule has 4 aliphatic rings. The zero-order chi connectivity index (χ0) is 16.9. The number of nitrogens with zero attached hydrogens (tertiary/aromatic N) is 2. The number of carbonyl (C=O) groups excluding carboxylic acids is 1. The van der Waals surface area contributed by atoms with Gasteiger partial charge in [-0.15, -0.1) is 0 Å². The van der Waals surface area contributed by atoms with E-state index >= 15 is 0 Å². The average molecular weight is 340 g/mol. The first-order valence-electron chi connectivity index (χ1n) is 10.0. The first-order valence-corrected chi connectivity index (χ1v) is 10.0. The fourth-order valence-corrected chi connectivity index (χ4v) is 5.23. The fraction of sp³-hybridized carbons (Fsp3) is 0.667. The lowest BCUT2D eigenvalue weighted by molar-refractivity contribution is -0.145. The Morgan fingerprint density at radius 1 is 1.08 bits per heavy atom. The van der Waals surface area contributed by atoms with Gasteiger partial charge in [-0.2, -0.15) is 0 Å². The smallest absolute Gasteiger partial charge is 0.239 e. The molecule has 1 aliphatic carbocycles. The Morgan fingerprint density at radius 2 is 1.88 bits per heavy atom. The third-order valence-electron chi connectivity index (χ3n) is 6.74. The Balaban J connectivity index is 1.29. The normalized spacial score (nSPS) is 29.0. The summed E-state index contributed by atoms with van der Waals surface area (Å²) in [6.07, 6.45) is 7.70. The third kappa shape index (κ3) is 2.70. The molecule has 1 spiro atoms. The number of carbonyl (C=O) groups is 1.